The van der Waals surface area contributed by atoms with Crippen molar-refractivity contribution in [2.45, 2.75) is 20.8 Å². The van der Waals surface area contributed by atoms with E-state index in [0.717, 1.165) is 18.0 Å². The summed E-state index contributed by atoms with van der Waals surface area (Å²) in [6.45, 7) is 8.98. The number of hydrogen-bond acceptors (Lipinski definition) is 7. The van der Waals surface area contributed by atoms with Crippen molar-refractivity contribution in [1.82, 2.24) is 4.90 Å². The number of nitrogens with zero attached hydrogens (tertiary/aromatic N) is 1. The van der Waals surface area contributed by atoms with Gasteiger partial charge in [0, 0.05) is 17.1 Å². The summed E-state index contributed by atoms with van der Waals surface area (Å²) in [5, 5.41) is 7.01. The van der Waals surface area contributed by atoms with Crippen molar-refractivity contribution < 1.29 is 19.1 Å². The molecule has 1 aromatic carbocycles. The smallest absolute Gasteiger partial charge is 0.340 e. The number of anilines is 2. The highest BCUT2D eigenvalue weighted by Gasteiger charge is 2.16. The largest absolute Gasteiger partial charge is 0.465 e. The number of thiocarbonyl (C=S) groups is 1. The number of hydrogen-bond donors (Lipinski definition) is 2. The molecule has 0 unspecified atom stereocenters. The molecule has 0 radical (unpaired) electrons. The Morgan fingerprint density at radius 2 is 1.77 bits per heavy atom. The van der Waals surface area contributed by atoms with Gasteiger partial charge in [-0.05, 0) is 62.6 Å². The minimum atomic E-state index is -0.423. The molecular weight excluding hydrogens is 422 g/mol. The van der Waals surface area contributed by atoms with Gasteiger partial charge in [0.2, 0.25) is 0 Å². The predicted molar refractivity (Wildman–Crippen MR) is 125 cm³/mol. The van der Waals surface area contributed by atoms with Gasteiger partial charge in [0.15, 0.2) is 5.11 Å². The average Bonchev–Trinajstić information content (AvgIpc) is 3.10. The second-order valence-electron chi connectivity index (χ2n) is 6.41. The van der Waals surface area contributed by atoms with Crippen molar-refractivity contribution in [1.29, 1.82) is 0 Å². The number of nitrogens with one attached hydrogen (secondary N) is 2. The Morgan fingerprint density at radius 1 is 1.10 bits per heavy atom. The Hall–Kier alpha value is -2.49. The quantitative estimate of drug-likeness (QED) is 0.437. The Balaban J connectivity index is 1.90. The molecule has 1 heterocycles. The molecule has 30 heavy (non-hydrogen) atoms. The number of esters is 2. The Bertz CT molecular complexity index is 877. The monoisotopic (exact) mass is 449 g/mol. The highest BCUT2D eigenvalue weighted by molar-refractivity contribution is 7.80. The molecule has 0 saturated heterocycles. The van der Waals surface area contributed by atoms with Gasteiger partial charge in [0.1, 0.15) is 11.6 Å². The van der Waals surface area contributed by atoms with Crippen molar-refractivity contribution in [3.63, 3.8) is 0 Å². The maximum Gasteiger partial charge on any atom is 0.340 e. The number of carbonyl (C=O) groups excluding carboxylic acids is 2. The third-order valence-electron chi connectivity index (χ3n) is 4.40. The van der Waals surface area contributed by atoms with E-state index in [1.54, 1.807) is 30.3 Å². The second-order valence-corrected chi connectivity index (χ2v) is 8.08. The molecule has 1 aromatic heterocycles. The summed E-state index contributed by atoms with van der Waals surface area (Å²) in [4.78, 5) is 27.2. The third kappa shape index (κ3) is 6.79. The van der Waals surface area contributed by atoms with Gasteiger partial charge in [-0.1, -0.05) is 13.8 Å². The van der Waals surface area contributed by atoms with Crippen LogP contribution in [0.2, 0.25) is 0 Å². The van der Waals surface area contributed by atoms with Crippen LogP contribution in [0.25, 0.3) is 0 Å². The zero-order valence-corrected chi connectivity index (χ0v) is 19.2. The summed E-state index contributed by atoms with van der Waals surface area (Å²) in [5.41, 5.74) is 1.62. The van der Waals surface area contributed by atoms with Gasteiger partial charge in [-0.3, -0.25) is 0 Å². The van der Waals surface area contributed by atoms with E-state index in [1.807, 2.05) is 6.92 Å². The molecule has 162 valence electrons. The number of thiophene rings is 1. The molecule has 9 heteroatoms. The van der Waals surface area contributed by atoms with Crippen LogP contribution < -0.4 is 10.6 Å². The normalized spacial score (nSPS) is 10.6. The summed E-state index contributed by atoms with van der Waals surface area (Å²) in [7, 11) is 1.34. The van der Waals surface area contributed by atoms with E-state index in [2.05, 4.69) is 29.4 Å². The second kappa shape index (κ2) is 11.6. The molecule has 2 N–H and O–H groups in total. The molecular formula is C21H27N3O4S2. The van der Waals surface area contributed by atoms with E-state index in [0.29, 0.717) is 40.1 Å². The van der Waals surface area contributed by atoms with Crippen LogP contribution in [0.15, 0.2) is 30.3 Å². The van der Waals surface area contributed by atoms with E-state index in [9.17, 15) is 9.59 Å². The van der Waals surface area contributed by atoms with Crippen LogP contribution in [0.4, 0.5) is 10.7 Å². The van der Waals surface area contributed by atoms with Crippen molar-refractivity contribution in [3.05, 3.63) is 46.3 Å². The SMILES string of the molecule is CCN(CC)CCOC(=O)c1ccc(NC(=S)Nc2sc(C)cc2C(=O)OC)cc1. The lowest BCUT2D eigenvalue weighted by Gasteiger charge is -2.17. The summed E-state index contributed by atoms with van der Waals surface area (Å²) in [6.07, 6.45) is 0. The van der Waals surface area contributed by atoms with Gasteiger partial charge in [-0.25, -0.2) is 9.59 Å². The lowest BCUT2D eigenvalue weighted by atomic mass is 10.2. The standard InChI is InChI=1S/C21H27N3O4S2/c1-5-24(6-2)11-12-28-19(25)15-7-9-16(10-8-15)22-21(29)23-18-17(20(26)27-4)13-14(3)30-18/h7-10,13H,5-6,11-12H2,1-4H3,(H2,22,23,29). The van der Waals surface area contributed by atoms with Crippen molar-refractivity contribution in [2.75, 3.05) is 44.0 Å². The molecule has 0 aliphatic heterocycles. The summed E-state index contributed by atoms with van der Waals surface area (Å²) < 4.78 is 10.1. The van der Waals surface area contributed by atoms with Gasteiger partial charge < -0.3 is 25.0 Å². The molecule has 2 aromatic rings. The van der Waals surface area contributed by atoms with E-state index in [1.165, 1.54) is 18.4 Å². The summed E-state index contributed by atoms with van der Waals surface area (Å²) in [6, 6.07) is 8.60. The number of likely N-dealkylation sites (N-methyl/N-ethyl adjacent to an activating group) is 1. The van der Waals surface area contributed by atoms with E-state index >= 15 is 0 Å². The molecule has 0 saturated carbocycles. The van der Waals surface area contributed by atoms with Gasteiger partial charge in [0.25, 0.3) is 0 Å². The number of aryl methyl sites for hydroxylation is 1. The molecule has 7 nitrogen and oxygen atoms in total. The topological polar surface area (TPSA) is 79.9 Å². The Morgan fingerprint density at radius 3 is 2.37 bits per heavy atom. The molecule has 0 spiro atoms. The maximum absolute atomic E-state index is 12.2. The fourth-order valence-electron chi connectivity index (χ4n) is 2.71. The van der Waals surface area contributed by atoms with Crippen LogP contribution in [0, 0.1) is 6.92 Å². The van der Waals surface area contributed by atoms with Crippen molar-refractivity contribution in [3.8, 4) is 0 Å². The average molecular weight is 450 g/mol. The fraction of sp³-hybridized carbons (Fsp3) is 0.381. The van der Waals surface area contributed by atoms with Gasteiger partial charge >= 0.3 is 11.9 Å². The first kappa shape index (κ1) is 23.8. The molecule has 0 fully saturated rings. The van der Waals surface area contributed by atoms with Crippen molar-refractivity contribution in [2.24, 2.45) is 0 Å². The van der Waals surface area contributed by atoms with Crippen LogP contribution in [-0.2, 0) is 9.47 Å². The Kier molecular flexibility index (Phi) is 9.22. The first-order valence-corrected chi connectivity index (χ1v) is 10.9. The van der Waals surface area contributed by atoms with Crippen molar-refractivity contribution >= 4 is 51.3 Å². The zero-order chi connectivity index (χ0) is 22.1. The first-order chi connectivity index (χ1) is 14.4. The summed E-state index contributed by atoms with van der Waals surface area (Å²) in [5.74, 6) is -0.778. The molecule has 0 amide bonds. The fourth-order valence-corrected chi connectivity index (χ4v) is 3.90. The summed E-state index contributed by atoms with van der Waals surface area (Å²) >= 11 is 6.75. The van der Waals surface area contributed by atoms with Gasteiger partial charge in [0.05, 0.1) is 18.2 Å². The predicted octanol–water partition coefficient (Wildman–Crippen LogP) is 4.15. The lowest BCUT2D eigenvalue weighted by Crippen LogP contribution is -2.27. The van der Waals surface area contributed by atoms with E-state index < -0.39 is 5.97 Å². The van der Waals surface area contributed by atoms with Crippen LogP contribution in [0.1, 0.15) is 39.4 Å². The highest BCUT2D eigenvalue weighted by atomic mass is 32.1. The maximum atomic E-state index is 12.2. The Labute approximate surface area is 186 Å². The lowest BCUT2D eigenvalue weighted by molar-refractivity contribution is 0.0466. The minimum Gasteiger partial charge on any atom is -0.465 e. The van der Waals surface area contributed by atoms with E-state index in [-0.39, 0.29) is 5.97 Å². The van der Waals surface area contributed by atoms with Crippen LogP contribution >= 0.6 is 23.6 Å². The third-order valence-corrected chi connectivity index (χ3v) is 5.57. The molecule has 0 bridgehead atoms. The number of ether oxygens (including phenoxy) is 2. The number of methoxy groups -OCH3 is 1. The van der Waals surface area contributed by atoms with E-state index in [4.69, 9.17) is 21.7 Å². The van der Waals surface area contributed by atoms with Crippen LogP contribution in [0.5, 0.6) is 0 Å². The first-order valence-electron chi connectivity index (χ1n) is 9.64. The van der Waals surface area contributed by atoms with Crippen LogP contribution in [-0.4, -0.2) is 55.3 Å². The zero-order valence-electron chi connectivity index (χ0n) is 17.6. The number of carbonyl (C=O) groups is 2. The molecule has 2 rings (SSSR count). The van der Waals surface area contributed by atoms with Gasteiger partial charge in [-0.2, -0.15) is 0 Å². The molecule has 0 atom stereocenters. The number of rotatable bonds is 9. The molecule has 0 aliphatic rings. The number of benzene rings is 1. The highest BCUT2D eigenvalue weighted by Crippen LogP contribution is 2.28. The van der Waals surface area contributed by atoms with Gasteiger partial charge in [-0.15, -0.1) is 11.3 Å². The molecule has 0 aliphatic carbocycles. The van der Waals surface area contributed by atoms with Crippen LogP contribution in [0.3, 0.4) is 0 Å². The minimum absolute atomic E-state index is 0.330.